The summed E-state index contributed by atoms with van der Waals surface area (Å²) in [4.78, 5) is 85.6. The number of imide groups is 2. The SMILES string of the molecule is CCC#CC[C@]1(C)C[C@@H](OC(=O)NC(=O)[C@H]2CN(C)CC[C@@H]2C)[C@@]2(C)C3C(=O)CCC3(CC[C@H]2C)[C@@H](C)[C@@H]1O.CCC#CC[C@]1(C)C[C@@H](OC(=O)NC(=O)[C@H]2CN(C)CC[C@@H]2C)[C@@]2(C)C3[C@H](OC)CCC3(CC[C@H]2C)[C@@H](C)C1=O. The van der Waals surface area contributed by atoms with Crippen molar-refractivity contribution in [3.8, 4) is 23.7 Å². The number of ether oxygens (including phenoxy) is 3. The van der Waals surface area contributed by atoms with E-state index < -0.39 is 52.2 Å². The number of Topliss-reactive ketones (excluding diaryl/α,β-unsaturated/α-hetero) is 2. The summed E-state index contributed by atoms with van der Waals surface area (Å²) in [5.74, 6) is 12.5. The number of ketones is 2. The normalized spacial score (nSPS) is 43.9. The molecule has 3 N–H and O–H groups in total. The summed E-state index contributed by atoms with van der Waals surface area (Å²) in [6.45, 7) is 28.4. The van der Waals surface area contributed by atoms with Gasteiger partial charge in [-0.1, -0.05) is 83.1 Å². The highest BCUT2D eigenvalue weighted by molar-refractivity contribution is 5.94. The molecule has 6 saturated carbocycles. The van der Waals surface area contributed by atoms with Gasteiger partial charge in [0, 0.05) is 91.7 Å². The Kier molecular flexibility index (Phi) is 19.5. The van der Waals surface area contributed by atoms with Crippen LogP contribution in [-0.2, 0) is 33.4 Å². The highest BCUT2D eigenvalue weighted by atomic mass is 16.6. The van der Waals surface area contributed by atoms with Crippen LogP contribution < -0.4 is 10.6 Å². The first-order valence-electron chi connectivity index (χ1n) is 30.7. The zero-order chi connectivity index (χ0) is 58.2. The minimum Gasteiger partial charge on any atom is -0.445 e. The fourth-order valence-electron chi connectivity index (χ4n) is 18.0. The molecule has 0 spiro atoms. The Morgan fingerprint density at radius 3 is 1.68 bits per heavy atom. The number of aliphatic hydroxyl groups excluding tert-OH is 1. The molecule has 4 bridgehead atoms. The largest absolute Gasteiger partial charge is 0.445 e. The average Bonchev–Trinajstić information content (AvgIpc) is 4.16. The van der Waals surface area contributed by atoms with E-state index in [9.17, 15) is 33.9 Å². The maximum Gasteiger partial charge on any atom is 0.414 e. The standard InChI is InChI=1S/C33H52N2O5.C32H50N2O5/c1-9-10-11-15-31(5)19-26(40-30(38)34-29(37)24-20-35(7)18-14-21(24)2)32(6)22(3)12-16-33(23(4)28(31)36)17-13-25(39-8)27(32)33;1-8-9-10-14-30(5)18-25(39-29(38)33-28(37)23-19-34(7)17-13-20(23)2)31(6)21(3)11-15-32(22(4)27(30)36)16-12-24(35)26(31)32/h21-27H,9,12-20H2,1-8H3,(H,34,37,38);20-23,25-27,36H,8,11-19H2,1-7H3,(H,33,37,38)/t21-,22+,23-,24-,25+,26+,27?,31+,32-,33?;20-,21+,22-,23-,25+,26?,27-,30+,31-,32?/m00/s1. The highest BCUT2D eigenvalue weighted by Crippen LogP contribution is 2.70. The van der Waals surface area contributed by atoms with Gasteiger partial charge in [0.15, 0.2) is 0 Å². The molecule has 2 heterocycles. The van der Waals surface area contributed by atoms with Gasteiger partial charge in [-0.3, -0.25) is 29.8 Å². The molecule has 2 aliphatic heterocycles. The van der Waals surface area contributed by atoms with Crippen LogP contribution in [0.4, 0.5) is 9.59 Å². The molecular formula is C65H102N4O10. The molecule has 20 atom stereocenters. The van der Waals surface area contributed by atoms with Crippen LogP contribution in [0.25, 0.3) is 0 Å². The van der Waals surface area contributed by atoms with Crippen molar-refractivity contribution in [3.63, 3.8) is 0 Å². The van der Waals surface area contributed by atoms with Gasteiger partial charge >= 0.3 is 12.2 Å². The van der Waals surface area contributed by atoms with E-state index in [1.807, 2.05) is 34.9 Å². The lowest BCUT2D eigenvalue weighted by Gasteiger charge is -2.62. The summed E-state index contributed by atoms with van der Waals surface area (Å²) in [7, 11) is 5.77. The Morgan fingerprint density at radius 2 is 1.15 bits per heavy atom. The molecule has 8 aliphatic rings. The summed E-state index contributed by atoms with van der Waals surface area (Å²) in [6, 6.07) is 0. The number of aliphatic hydroxyl groups is 1. The van der Waals surface area contributed by atoms with Crippen LogP contribution >= 0.6 is 0 Å². The second-order valence-electron chi connectivity index (χ2n) is 28.0. The average molecular weight is 1100 g/mol. The third kappa shape index (κ3) is 11.6. The van der Waals surface area contributed by atoms with E-state index in [0.717, 1.165) is 83.7 Å². The molecule has 8 fully saturated rings. The third-order valence-electron chi connectivity index (χ3n) is 23.6. The van der Waals surface area contributed by atoms with E-state index in [1.54, 1.807) is 7.11 Å². The van der Waals surface area contributed by atoms with Crippen molar-refractivity contribution in [2.75, 3.05) is 47.4 Å². The number of rotatable bonds is 7. The van der Waals surface area contributed by atoms with Crippen LogP contribution in [0.15, 0.2) is 0 Å². The van der Waals surface area contributed by atoms with Gasteiger partial charge in [0.2, 0.25) is 11.8 Å². The first-order chi connectivity index (χ1) is 37.1. The first-order valence-corrected chi connectivity index (χ1v) is 30.7. The van der Waals surface area contributed by atoms with E-state index in [1.165, 1.54) is 0 Å². The number of alkyl carbamates (subject to hydrolysis) is 2. The van der Waals surface area contributed by atoms with Gasteiger partial charge in [-0.15, -0.1) is 23.7 Å². The van der Waals surface area contributed by atoms with Crippen molar-refractivity contribution in [2.24, 2.45) is 91.7 Å². The molecule has 8 rings (SSSR count). The molecule has 14 nitrogen and oxygen atoms in total. The zero-order valence-corrected chi connectivity index (χ0v) is 51.2. The van der Waals surface area contributed by atoms with Crippen LogP contribution in [0.1, 0.15) is 186 Å². The fraction of sp³-hybridized carbons (Fsp3) is 0.846. The van der Waals surface area contributed by atoms with Gasteiger partial charge in [-0.05, 0) is 138 Å². The number of amides is 4. The summed E-state index contributed by atoms with van der Waals surface area (Å²) in [5.41, 5.74) is -2.92. The predicted octanol–water partition coefficient (Wildman–Crippen LogP) is 10.3. The third-order valence-corrected chi connectivity index (χ3v) is 23.6. The van der Waals surface area contributed by atoms with Crippen molar-refractivity contribution in [3.05, 3.63) is 0 Å². The number of carbonyl (C=O) groups excluding carboxylic acids is 6. The second-order valence-corrected chi connectivity index (χ2v) is 28.0. The smallest absolute Gasteiger partial charge is 0.414 e. The van der Waals surface area contributed by atoms with E-state index in [2.05, 4.69) is 106 Å². The molecule has 0 aromatic carbocycles. The Bertz CT molecular complexity index is 2410. The van der Waals surface area contributed by atoms with Crippen LogP contribution in [0.5, 0.6) is 0 Å². The molecule has 4 unspecified atom stereocenters. The molecule has 0 aromatic heterocycles. The van der Waals surface area contributed by atoms with Crippen molar-refractivity contribution in [1.29, 1.82) is 0 Å². The van der Waals surface area contributed by atoms with Gasteiger partial charge in [0.25, 0.3) is 0 Å². The van der Waals surface area contributed by atoms with E-state index in [4.69, 9.17) is 14.2 Å². The lowest BCUT2D eigenvalue weighted by molar-refractivity contribution is -0.197. The number of carbonyl (C=O) groups is 6. The van der Waals surface area contributed by atoms with E-state index >= 15 is 0 Å². The topological polar surface area (TPSA) is 181 Å². The van der Waals surface area contributed by atoms with E-state index in [0.29, 0.717) is 45.2 Å². The molecule has 442 valence electrons. The van der Waals surface area contributed by atoms with Crippen molar-refractivity contribution >= 4 is 35.6 Å². The number of piperidine rings is 2. The Labute approximate surface area is 475 Å². The number of nitrogens with one attached hydrogen (secondary N) is 2. The Balaban J connectivity index is 0.000000229. The zero-order valence-electron chi connectivity index (χ0n) is 51.2. The fourth-order valence-corrected chi connectivity index (χ4v) is 18.0. The lowest BCUT2D eigenvalue weighted by Crippen LogP contribution is -2.63. The lowest BCUT2D eigenvalue weighted by atomic mass is 9.43. The minimum absolute atomic E-state index is 0.00154. The summed E-state index contributed by atoms with van der Waals surface area (Å²) in [6.07, 6.45) is 8.53. The molecular weight excluding hydrogens is 997 g/mol. The maximum atomic E-state index is 14.4. The molecule has 0 aromatic rings. The maximum absolute atomic E-state index is 14.4. The van der Waals surface area contributed by atoms with Crippen LogP contribution in [0.2, 0.25) is 0 Å². The Hall–Kier alpha value is -3.82. The number of hydrogen-bond acceptors (Lipinski definition) is 12. The van der Waals surface area contributed by atoms with Crippen molar-refractivity contribution in [2.45, 2.75) is 210 Å². The monoisotopic (exact) mass is 1100 g/mol. The van der Waals surface area contributed by atoms with Gasteiger partial charge in [0.05, 0.1) is 24.0 Å². The van der Waals surface area contributed by atoms with Crippen LogP contribution in [-0.4, -0.2) is 122 Å². The van der Waals surface area contributed by atoms with Crippen molar-refractivity contribution in [1.82, 2.24) is 20.4 Å². The van der Waals surface area contributed by atoms with Crippen LogP contribution in [0, 0.1) is 115 Å². The van der Waals surface area contributed by atoms with E-state index in [-0.39, 0.29) is 99.5 Å². The van der Waals surface area contributed by atoms with Crippen LogP contribution in [0.3, 0.4) is 0 Å². The number of likely N-dealkylation sites (tertiary alicyclic amines) is 2. The molecule has 4 amide bonds. The summed E-state index contributed by atoms with van der Waals surface area (Å²) >= 11 is 0. The molecule has 0 radical (unpaired) electrons. The van der Waals surface area contributed by atoms with Gasteiger partial charge < -0.3 is 29.1 Å². The van der Waals surface area contributed by atoms with Gasteiger partial charge in [0.1, 0.15) is 23.8 Å². The summed E-state index contributed by atoms with van der Waals surface area (Å²) < 4.78 is 18.7. The van der Waals surface area contributed by atoms with Gasteiger partial charge in [-0.25, -0.2) is 9.59 Å². The first kappa shape index (κ1) is 62.8. The highest BCUT2D eigenvalue weighted by Gasteiger charge is 2.70. The predicted molar refractivity (Wildman–Crippen MR) is 306 cm³/mol. The second kappa shape index (κ2) is 24.6. The van der Waals surface area contributed by atoms with Gasteiger partial charge in [-0.2, -0.15) is 0 Å². The molecule has 2 saturated heterocycles. The number of methoxy groups -OCH3 is 1. The quantitative estimate of drug-likeness (QED) is 0.206. The number of hydrogen-bond donors (Lipinski definition) is 3. The Morgan fingerprint density at radius 1 is 0.658 bits per heavy atom. The van der Waals surface area contributed by atoms with Crippen molar-refractivity contribution < 1.29 is 48.1 Å². The summed E-state index contributed by atoms with van der Waals surface area (Å²) in [5, 5.41) is 17.1. The molecule has 79 heavy (non-hydrogen) atoms. The molecule has 14 heteroatoms. The number of nitrogens with zero attached hydrogens (tertiary/aromatic N) is 2. The molecule has 6 aliphatic carbocycles. The minimum atomic E-state index is -0.751.